The first-order chi connectivity index (χ1) is 53.8. The zero-order valence-electron chi connectivity index (χ0n) is 65.8. The van der Waals surface area contributed by atoms with E-state index in [-0.39, 0.29) is 6.42 Å². The first kappa shape index (κ1) is 99.1. The fraction of sp³-hybridized carbons (Fsp3) is 0.922. The molecule has 0 aromatic carbocycles. The van der Waals surface area contributed by atoms with E-state index in [0.29, 0.717) is 12.8 Å². The van der Waals surface area contributed by atoms with Gasteiger partial charge in [0.15, 0.2) is 25.2 Å². The summed E-state index contributed by atoms with van der Waals surface area (Å²) in [6.45, 7) is -2.01. The Morgan fingerprint density at radius 3 is 1.42 bits per heavy atom. The topological polar surface area (TPSA) is 561 Å². The van der Waals surface area contributed by atoms with Crippen molar-refractivity contribution in [3.05, 3.63) is 12.2 Å². The monoisotopic (exact) mass is 1620 g/mol. The van der Waals surface area contributed by atoms with Crippen molar-refractivity contribution >= 4 is 23.7 Å². The first-order valence-electron chi connectivity index (χ1n) is 41.3. The number of carboxylic acid groups (broad SMARTS) is 1. The van der Waals surface area contributed by atoms with Crippen molar-refractivity contribution in [3.8, 4) is 0 Å². The van der Waals surface area contributed by atoms with Crippen LogP contribution in [-0.4, -0.2) is 333 Å². The van der Waals surface area contributed by atoms with Crippen LogP contribution in [0.1, 0.15) is 233 Å². The second kappa shape index (κ2) is 53.9. The Morgan fingerprint density at radius 2 is 0.920 bits per heavy atom. The van der Waals surface area contributed by atoms with Crippen LogP contribution in [0.4, 0.5) is 0 Å². The molecule has 0 aliphatic carbocycles. The number of unbranched alkanes of at least 4 members (excludes halogenated alkanes) is 29. The van der Waals surface area contributed by atoms with Crippen molar-refractivity contribution in [2.45, 2.75) is 404 Å². The van der Waals surface area contributed by atoms with Gasteiger partial charge in [0.1, 0.15) is 123 Å². The molecule has 21 N–H and O–H groups in total. The van der Waals surface area contributed by atoms with Gasteiger partial charge in [-0.1, -0.05) is 206 Å². The number of hydrogen-bond acceptors (Lipinski definition) is 31. The Kier molecular flexibility index (Phi) is 47.7. The van der Waals surface area contributed by atoms with E-state index in [4.69, 9.17) is 47.4 Å². The van der Waals surface area contributed by atoms with Gasteiger partial charge in [0.2, 0.25) is 17.7 Å². The summed E-state index contributed by atoms with van der Waals surface area (Å²) in [6.07, 6.45) is -12.2. The molecule has 112 heavy (non-hydrogen) atoms. The second-order valence-electron chi connectivity index (χ2n) is 30.7. The predicted molar refractivity (Wildman–Crippen MR) is 398 cm³/mol. The second-order valence-corrected chi connectivity index (χ2v) is 30.7. The number of nitrogens with one attached hydrogen (secondary N) is 3. The van der Waals surface area contributed by atoms with Gasteiger partial charge in [0.05, 0.1) is 63.9 Å². The zero-order chi connectivity index (χ0) is 82.3. The van der Waals surface area contributed by atoms with Crippen LogP contribution in [0.15, 0.2) is 12.2 Å². The van der Waals surface area contributed by atoms with Gasteiger partial charge in [-0.2, -0.15) is 0 Å². The molecule has 0 bridgehead atoms. The van der Waals surface area contributed by atoms with Crippen LogP contribution in [0, 0.1) is 0 Å². The highest BCUT2D eigenvalue weighted by molar-refractivity contribution is 5.78. The number of carboxylic acids is 1. The number of amides is 3. The molecule has 35 heteroatoms. The van der Waals surface area contributed by atoms with Gasteiger partial charge in [-0.25, -0.2) is 4.79 Å². The lowest BCUT2D eigenvalue weighted by molar-refractivity contribution is -0.403. The molecule has 5 aliphatic rings. The Labute approximate surface area is 657 Å². The fourth-order valence-electron chi connectivity index (χ4n) is 15.0. The van der Waals surface area contributed by atoms with Gasteiger partial charge in [-0.15, -0.1) is 0 Å². The Balaban J connectivity index is 1.37. The average molecular weight is 1620 g/mol. The number of aliphatic hydroxyl groups is 17. The molecule has 5 heterocycles. The summed E-state index contributed by atoms with van der Waals surface area (Å²) < 4.78 is 60.0. The zero-order valence-corrected chi connectivity index (χ0v) is 65.8. The van der Waals surface area contributed by atoms with Gasteiger partial charge in [0.25, 0.3) is 5.79 Å². The summed E-state index contributed by atoms with van der Waals surface area (Å²) >= 11 is 0. The van der Waals surface area contributed by atoms with Crippen molar-refractivity contribution in [1.82, 2.24) is 16.0 Å². The number of allylic oxidation sites excluding steroid dienone is 1. The molecular formula is C77H139N3O32. The summed E-state index contributed by atoms with van der Waals surface area (Å²) in [5, 5.41) is 207. The van der Waals surface area contributed by atoms with Crippen LogP contribution in [0.3, 0.4) is 0 Å². The Morgan fingerprint density at radius 1 is 0.473 bits per heavy atom. The van der Waals surface area contributed by atoms with E-state index in [0.717, 1.165) is 64.7 Å². The number of carbonyl (C=O) groups is 4. The molecule has 0 aromatic heterocycles. The van der Waals surface area contributed by atoms with E-state index in [1.165, 1.54) is 134 Å². The van der Waals surface area contributed by atoms with Crippen LogP contribution >= 0.6 is 0 Å². The SMILES string of the molecule is CCCCCCCCCCCCC/C=C/[C@@H](O)[C@H](CO[C@@H]1OC(CO)[C@@H](O[C@@H]2OC(CO)[C@H](O[C@@H]3OC(CO)[C@H](O)[C@H](O[C@@H]4OC(CO)[C@H](O)[C@H](O)C4O)C3NC(C)=O)[C@H](O[C@]3(C(=O)O)CC(O)[C@@H](NC(=O)CO)C([C@H](O)[C@H](O)CO)O3)C2O)[C@H](O)C1O)NC(=O)CCCCCCCCCCCCCCCCCCCCC. The van der Waals surface area contributed by atoms with Crippen LogP contribution in [-0.2, 0) is 66.5 Å². The molecule has 0 saturated carbocycles. The van der Waals surface area contributed by atoms with Crippen LogP contribution < -0.4 is 16.0 Å². The quantitative estimate of drug-likeness (QED) is 0.0269. The lowest BCUT2D eigenvalue weighted by Gasteiger charge is -2.52. The molecule has 5 rings (SSSR count). The molecule has 3 amide bonds. The van der Waals surface area contributed by atoms with E-state index in [2.05, 4.69) is 29.8 Å². The summed E-state index contributed by atoms with van der Waals surface area (Å²) in [5.74, 6) is -8.19. The van der Waals surface area contributed by atoms with E-state index in [9.17, 15) is 111 Å². The van der Waals surface area contributed by atoms with E-state index in [1.807, 2.05) is 6.08 Å². The summed E-state index contributed by atoms with van der Waals surface area (Å²) in [7, 11) is 0. The van der Waals surface area contributed by atoms with Gasteiger partial charge in [-0.3, -0.25) is 14.4 Å². The number of carbonyl (C=O) groups excluding carboxylic acids is 3. The number of aliphatic hydroxyl groups excluding tert-OH is 17. The van der Waals surface area contributed by atoms with Gasteiger partial charge in [-0.05, 0) is 19.3 Å². The highest BCUT2D eigenvalue weighted by Crippen LogP contribution is 2.41. The normalized spacial score (nSPS) is 33.6. The minimum Gasteiger partial charge on any atom is -0.477 e. The number of rotatable bonds is 57. The third-order valence-electron chi connectivity index (χ3n) is 21.7. The molecule has 35 nitrogen and oxygen atoms in total. The number of ether oxygens (including phenoxy) is 10. The van der Waals surface area contributed by atoms with Crippen molar-refractivity contribution in [2.75, 3.05) is 46.2 Å². The third-order valence-corrected chi connectivity index (χ3v) is 21.7. The summed E-state index contributed by atoms with van der Waals surface area (Å²) in [5.41, 5.74) is 0. The van der Waals surface area contributed by atoms with Crippen LogP contribution in [0.2, 0.25) is 0 Å². The van der Waals surface area contributed by atoms with Gasteiger partial charge < -0.3 is 155 Å². The largest absolute Gasteiger partial charge is 0.477 e. The first-order valence-corrected chi connectivity index (χ1v) is 41.3. The van der Waals surface area contributed by atoms with Crippen molar-refractivity contribution in [2.24, 2.45) is 0 Å². The maximum atomic E-state index is 13.9. The van der Waals surface area contributed by atoms with Gasteiger partial charge >= 0.3 is 5.97 Å². The maximum absolute atomic E-state index is 13.9. The predicted octanol–water partition coefficient (Wildman–Crippen LogP) is -0.510. The molecule has 5 saturated heterocycles. The van der Waals surface area contributed by atoms with Crippen LogP contribution in [0.25, 0.3) is 0 Å². The molecule has 28 atom stereocenters. The Hall–Kier alpha value is -3.46. The Bertz CT molecular complexity index is 2590. The smallest absolute Gasteiger partial charge is 0.364 e. The third kappa shape index (κ3) is 31.4. The number of hydrogen-bond donors (Lipinski definition) is 21. The van der Waals surface area contributed by atoms with E-state index >= 15 is 0 Å². The highest BCUT2D eigenvalue weighted by Gasteiger charge is 2.62. The molecule has 5 aliphatic heterocycles. The van der Waals surface area contributed by atoms with E-state index in [1.54, 1.807) is 0 Å². The summed E-state index contributed by atoms with van der Waals surface area (Å²) in [6, 6.07) is -4.99. The molecular weight excluding hydrogens is 1480 g/mol. The standard InChI is InChI=1S/C77H139N3O32/c1-4-6-8-10-12-14-16-18-19-20-21-22-23-25-27-29-31-33-35-37-55(91)79-47(48(88)36-34-32-30-28-26-24-17-15-13-11-9-7-5-2)45-103-73-65(99)63(97)67(53(42-84)106-73)108-75-66(100)71(112-77(76(101)102)38-49(89)57(80-56(92)44-86)70(111-77)59(93)50(90)39-81)68(54(43-85)107-75)109-72-58(78-46(3)87)69(61(95)52(41-83)104-72)110-74-64(98)62(96)60(94)51(40-82)105-74/h34,36,47-54,57-75,81-86,88-90,93-100H,4-33,35,37-45H2,1-3H3,(H,78,87)(H,79,91)(H,80,92)(H,101,102)/b36-34+/t47-,48+,49?,50+,51?,52?,53?,54?,57+,58?,59+,60-,61-,62-,63+,64?,65?,66?,67+,68-,69+,70?,71+,72-,73+,74-,75-,77-/m0/s1. The fourth-order valence-corrected chi connectivity index (χ4v) is 15.0. The maximum Gasteiger partial charge on any atom is 0.364 e. The minimum atomic E-state index is -3.45. The molecule has 5 fully saturated rings. The summed E-state index contributed by atoms with van der Waals surface area (Å²) in [4.78, 5) is 53.2. The molecule has 0 spiro atoms. The number of aliphatic carboxylic acids is 1. The van der Waals surface area contributed by atoms with E-state index < -0.39 is 248 Å². The lowest BCUT2D eigenvalue weighted by Crippen LogP contribution is -2.72. The van der Waals surface area contributed by atoms with Crippen molar-refractivity contribution < 1.29 is 158 Å². The molecule has 10 unspecified atom stereocenters. The lowest BCUT2D eigenvalue weighted by atomic mass is 9.88. The van der Waals surface area contributed by atoms with Gasteiger partial charge in [0, 0.05) is 19.8 Å². The van der Waals surface area contributed by atoms with Crippen LogP contribution in [0.5, 0.6) is 0 Å². The molecule has 0 aromatic rings. The highest BCUT2D eigenvalue weighted by atomic mass is 16.8. The molecule has 654 valence electrons. The average Bonchev–Trinajstić information content (AvgIpc) is 0.747. The minimum absolute atomic E-state index is 0.128. The van der Waals surface area contributed by atoms with Crippen molar-refractivity contribution in [1.29, 1.82) is 0 Å². The van der Waals surface area contributed by atoms with Crippen molar-refractivity contribution in [3.63, 3.8) is 0 Å². The molecule has 0 radical (unpaired) electrons.